The number of hydrogen-bond donors (Lipinski definition) is 0. The molecule has 1 nitrogen and oxygen atoms in total. The van der Waals surface area contributed by atoms with E-state index >= 15 is 0 Å². The zero-order valence-electron chi connectivity index (χ0n) is 7.77. The van der Waals surface area contributed by atoms with Crippen LogP contribution in [0.4, 0.5) is 5.69 Å². The molecule has 0 fully saturated rings. The van der Waals surface area contributed by atoms with Crippen molar-refractivity contribution in [3.63, 3.8) is 0 Å². The molecule has 1 aliphatic rings. The number of nitrogens with zero attached hydrogens (tertiary/aromatic N) is 1. The number of rotatable bonds is 0. The lowest BCUT2D eigenvalue weighted by Gasteiger charge is -2.16. The third kappa shape index (κ3) is 1.94. The van der Waals surface area contributed by atoms with Crippen molar-refractivity contribution in [2.75, 3.05) is 11.9 Å². The molecule has 1 heterocycles. The van der Waals surface area contributed by atoms with Crippen molar-refractivity contribution >= 4 is 35.8 Å². The predicted molar refractivity (Wildman–Crippen MR) is 65.3 cm³/mol. The fourth-order valence-corrected chi connectivity index (χ4v) is 1.64. The number of benzene rings is 1. The predicted octanol–water partition coefficient (Wildman–Crippen LogP) is 3.74. The van der Waals surface area contributed by atoms with Crippen LogP contribution in [-0.4, -0.2) is 7.05 Å². The van der Waals surface area contributed by atoms with Crippen LogP contribution in [0, 0.1) is 0 Å². The maximum atomic E-state index is 6.07. The molecule has 1 aromatic carbocycles. The van der Waals surface area contributed by atoms with Crippen LogP contribution < -0.4 is 4.90 Å². The van der Waals surface area contributed by atoms with Crippen LogP contribution in [0.25, 0.3) is 6.08 Å². The molecule has 3 heteroatoms. The van der Waals surface area contributed by atoms with Crippen molar-refractivity contribution in [3.8, 4) is 0 Å². The van der Waals surface area contributed by atoms with Crippen LogP contribution in [0.2, 0.25) is 5.02 Å². The van der Waals surface area contributed by atoms with Crippen LogP contribution in [0.15, 0.2) is 36.6 Å². The lowest BCUT2D eigenvalue weighted by molar-refractivity contribution is 1.20. The van der Waals surface area contributed by atoms with Crippen molar-refractivity contribution < 1.29 is 0 Å². The number of anilines is 1. The highest BCUT2D eigenvalue weighted by Crippen LogP contribution is 2.29. The summed E-state index contributed by atoms with van der Waals surface area (Å²) < 4.78 is 0. The fourth-order valence-electron chi connectivity index (χ4n) is 1.41. The van der Waals surface area contributed by atoms with E-state index in [2.05, 4.69) is 11.0 Å². The first-order valence-electron chi connectivity index (χ1n) is 4.15. The summed E-state index contributed by atoms with van der Waals surface area (Å²) in [5.41, 5.74) is 2.22. The molecule has 0 aromatic heterocycles. The van der Waals surface area contributed by atoms with Gasteiger partial charge in [-0.3, -0.25) is 0 Å². The van der Waals surface area contributed by atoms with Gasteiger partial charge in [0.15, 0.2) is 0 Å². The molecular formula is C11H11Cl2N. The van der Waals surface area contributed by atoms with E-state index in [1.54, 1.807) is 0 Å². The monoisotopic (exact) mass is 227 g/mol. The standard InChI is InChI=1S/C11H10ClN.ClH/c1-13-8-3-2-5-9-10(12)6-4-7-11(9)13;/h2-8H,1H3;1H. The molecule has 0 saturated carbocycles. The Kier molecular flexibility index (Phi) is 3.62. The zero-order chi connectivity index (χ0) is 9.26. The van der Waals surface area contributed by atoms with E-state index in [-0.39, 0.29) is 12.4 Å². The maximum Gasteiger partial charge on any atom is 0.0499 e. The van der Waals surface area contributed by atoms with E-state index in [9.17, 15) is 0 Å². The quantitative estimate of drug-likeness (QED) is 0.653. The van der Waals surface area contributed by atoms with Crippen LogP contribution in [0.1, 0.15) is 5.56 Å². The van der Waals surface area contributed by atoms with Crippen molar-refractivity contribution in [1.29, 1.82) is 0 Å². The molecule has 0 spiro atoms. The summed E-state index contributed by atoms with van der Waals surface area (Å²) in [6.45, 7) is 0. The van der Waals surface area contributed by atoms with Gasteiger partial charge in [0.2, 0.25) is 0 Å². The van der Waals surface area contributed by atoms with Crippen LogP contribution in [-0.2, 0) is 0 Å². The first kappa shape index (κ1) is 11.2. The molecule has 2 rings (SSSR count). The smallest absolute Gasteiger partial charge is 0.0499 e. The Balaban J connectivity index is 0.000000980. The summed E-state index contributed by atoms with van der Waals surface area (Å²) in [4.78, 5) is 2.06. The minimum absolute atomic E-state index is 0. The summed E-state index contributed by atoms with van der Waals surface area (Å²) in [5, 5.41) is 0.796. The molecular weight excluding hydrogens is 217 g/mol. The van der Waals surface area contributed by atoms with Crippen LogP contribution in [0.3, 0.4) is 0 Å². The van der Waals surface area contributed by atoms with Gasteiger partial charge in [0.25, 0.3) is 0 Å². The van der Waals surface area contributed by atoms with Gasteiger partial charge in [-0.25, -0.2) is 0 Å². The van der Waals surface area contributed by atoms with Crippen molar-refractivity contribution in [1.82, 2.24) is 0 Å². The molecule has 0 atom stereocenters. The Morgan fingerprint density at radius 3 is 2.79 bits per heavy atom. The molecule has 0 N–H and O–H groups in total. The van der Waals surface area contributed by atoms with Gasteiger partial charge in [-0.15, -0.1) is 12.4 Å². The van der Waals surface area contributed by atoms with E-state index in [4.69, 9.17) is 11.6 Å². The van der Waals surface area contributed by atoms with E-state index in [0.29, 0.717) is 0 Å². The lowest BCUT2D eigenvalue weighted by Crippen LogP contribution is -2.08. The second-order valence-electron chi connectivity index (χ2n) is 2.98. The van der Waals surface area contributed by atoms with Crippen LogP contribution in [0.5, 0.6) is 0 Å². The number of halogens is 2. The molecule has 0 radical (unpaired) electrons. The highest BCUT2D eigenvalue weighted by molar-refractivity contribution is 6.32. The van der Waals surface area contributed by atoms with Gasteiger partial charge >= 0.3 is 0 Å². The summed E-state index contributed by atoms with van der Waals surface area (Å²) in [7, 11) is 2.01. The van der Waals surface area contributed by atoms with Gasteiger partial charge in [0.1, 0.15) is 0 Å². The van der Waals surface area contributed by atoms with Crippen molar-refractivity contribution in [2.24, 2.45) is 0 Å². The lowest BCUT2D eigenvalue weighted by atomic mass is 10.1. The normalized spacial score (nSPS) is 13.1. The molecule has 0 unspecified atom stereocenters. The first-order chi connectivity index (χ1) is 6.29. The third-order valence-corrected chi connectivity index (χ3v) is 2.42. The van der Waals surface area contributed by atoms with Crippen molar-refractivity contribution in [3.05, 3.63) is 47.1 Å². The fraction of sp³-hybridized carbons (Fsp3) is 0.0909. The minimum atomic E-state index is 0. The highest BCUT2D eigenvalue weighted by Gasteiger charge is 2.07. The van der Waals surface area contributed by atoms with Gasteiger partial charge in [-0.05, 0) is 18.2 Å². The highest BCUT2D eigenvalue weighted by atomic mass is 35.5. The van der Waals surface area contributed by atoms with Gasteiger partial charge in [0, 0.05) is 29.5 Å². The number of allylic oxidation sites excluding steroid dienone is 2. The van der Waals surface area contributed by atoms with E-state index in [1.807, 2.05) is 43.6 Å². The molecule has 74 valence electrons. The van der Waals surface area contributed by atoms with Gasteiger partial charge in [-0.2, -0.15) is 0 Å². The van der Waals surface area contributed by atoms with Gasteiger partial charge < -0.3 is 4.90 Å². The Morgan fingerprint density at radius 1 is 1.21 bits per heavy atom. The molecule has 0 bridgehead atoms. The maximum absolute atomic E-state index is 6.07. The largest absolute Gasteiger partial charge is 0.351 e. The minimum Gasteiger partial charge on any atom is -0.351 e. The Labute approximate surface area is 95.1 Å². The van der Waals surface area contributed by atoms with Gasteiger partial charge in [-0.1, -0.05) is 29.8 Å². The first-order valence-corrected chi connectivity index (χ1v) is 4.53. The zero-order valence-corrected chi connectivity index (χ0v) is 9.35. The average molecular weight is 228 g/mol. The van der Waals surface area contributed by atoms with E-state index < -0.39 is 0 Å². The Morgan fingerprint density at radius 2 is 2.00 bits per heavy atom. The van der Waals surface area contributed by atoms with Crippen LogP contribution >= 0.6 is 24.0 Å². The van der Waals surface area contributed by atoms with Crippen molar-refractivity contribution in [2.45, 2.75) is 0 Å². The third-order valence-electron chi connectivity index (χ3n) is 2.09. The molecule has 0 saturated heterocycles. The summed E-state index contributed by atoms with van der Waals surface area (Å²) in [5.74, 6) is 0. The summed E-state index contributed by atoms with van der Waals surface area (Å²) in [6.07, 6.45) is 8.03. The number of hydrogen-bond acceptors (Lipinski definition) is 1. The molecule has 1 aliphatic heterocycles. The molecule has 0 amide bonds. The Hall–Kier alpha value is -0.920. The summed E-state index contributed by atoms with van der Waals surface area (Å²) in [6, 6.07) is 5.93. The molecule has 1 aromatic rings. The SMILES string of the molecule is CN1C=CC=Cc2c(Cl)cccc21.Cl. The second kappa shape index (κ2) is 4.54. The molecule has 14 heavy (non-hydrogen) atoms. The Bertz CT molecular complexity index is 383. The van der Waals surface area contributed by atoms with E-state index in [0.717, 1.165) is 16.3 Å². The summed E-state index contributed by atoms with van der Waals surface area (Å²) >= 11 is 6.07. The van der Waals surface area contributed by atoms with E-state index in [1.165, 1.54) is 0 Å². The molecule has 0 aliphatic carbocycles. The second-order valence-corrected chi connectivity index (χ2v) is 3.39. The van der Waals surface area contributed by atoms with Gasteiger partial charge in [0.05, 0.1) is 0 Å². The average Bonchev–Trinajstić information content (AvgIpc) is 2.30. The number of fused-ring (bicyclic) bond motifs is 1. The topological polar surface area (TPSA) is 3.24 Å².